The van der Waals surface area contributed by atoms with E-state index in [2.05, 4.69) is 0 Å². The van der Waals surface area contributed by atoms with Crippen molar-refractivity contribution in [3.05, 3.63) is 168 Å². The van der Waals surface area contributed by atoms with E-state index in [1.807, 2.05) is 0 Å². The van der Waals surface area contributed by atoms with Crippen molar-refractivity contribution in [1.82, 2.24) is 9.80 Å². The smallest absolute Gasteiger partial charge is 0.854 e. The minimum absolute atomic E-state index is 0. The molecule has 0 fully saturated rings. The van der Waals surface area contributed by atoms with Gasteiger partial charge in [0.2, 0.25) is 0 Å². The van der Waals surface area contributed by atoms with Crippen LogP contribution in [0.15, 0.2) is 146 Å². The molecule has 0 amide bonds. The monoisotopic (exact) mass is 1180 g/mol. The maximum atomic E-state index is 10.7. The Morgan fingerprint density at radius 1 is 0.307 bits per heavy atom. The summed E-state index contributed by atoms with van der Waals surface area (Å²) in [7, 11) is 0. The van der Waals surface area contributed by atoms with Gasteiger partial charge in [-0.05, 0) is 181 Å². The van der Waals surface area contributed by atoms with E-state index < -0.39 is 23.9 Å². The first-order valence-corrected chi connectivity index (χ1v) is 21.9. The Balaban J connectivity index is 0.00000105. The van der Waals surface area contributed by atoms with Crippen LogP contribution >= 0.6 is 0 Å². The fourth-order valence-corrected chi connectivity index (χ4v) is 5.83. The molecule has 0 saturated heterocycles. The largest absolute Gasteiger partial charge is 2.00 e. The number of hydrogen-bond acceptors (Lipinski definition) is 20. The van der Waals surface area contributed by atoms with E-state index in [0.717, 1.165) is 0 Å². The van der Waals surface area contributed by atoms with Gasteiger partial charge in [-0.15, -0.1) is 13.2 Å². The summed E-state index contributed by atoms with van der Waals surface area (Å²) in [6.07, 6.45) is 0. The van der Waals surface area contributed by atoms with Gasteiger partial charge in [-0.3, -0.25) is 0 Å². The van der Waals surface area contributed by atoms with Gasteiger partial charge in [0.25, 0.3) is 0 Å². The van der Waals surface area contributed by atoms with Crippen molar-refractivity contribution >= 4 is 23.9 Å². The van der Waals surface area contributed by atoms with Crippen LogP contribution in [-0.2, 0) is 51.2 Å². The zero-order valence-electron chi connectivity index (χ0n) is 39.6. The maximum absolute atomic E-state index is 10.7. The van der Waals surface area contributed by atoms with Crippen molar-refractivity contribution in [3.63, 3.8) is 0 Å². The molecule has 0 spiro atoms. The van der Waals surface area contributed by atoms with E-state index in [1.54, 1.807) is 58.3 Å². The summed E-state index contributed by atoms with van der Waals surface area (Å²) in [5.74, 6) is -0.840. The van der Waals surface area contributed by atoms with Crippen molar-refractivity contribution in [3.8, 4) is 46.0 Å². The average Bonchev–Trinajstić information content (AvgIpc) is 3.37. The number of carbonyl (C=O) groups excluding carboxylic acids is 4. The molecule has 0 unspecified atom stereocenters. The molecular formula is C52H52Cu3N2O18. The molecule has 0 aliphatic heterocycles. The fourth-order valence-electron chi connectivity index (χ4n) is 5.83. The zero-order chi connectivity index (χ0) is 52.7. The number of hydrogen-bond donors (Lipinski definition) is 4. The van der Waals surface area contributed by atoms with Crippen LogP contribution in [0, 0.1) is 0 Å². The summed E-state index contributed by atoms with van der Waals surface area (Å²) in [6, 6.07) is 37.0. The Kier molecular flexibility index (Phi) is 35.8. The van der Waals surface area contributed by atoms with E-state index in [0.29, 0.717) is 85.3 Å². The second kappa shape index (κ2) is 39.1. The number of carbonyl (C=O) groups is 4. The standard InChI is InChI=1S/2C20H14O6.2C6H14NO3.3Cu/c2*21-19(22)13-1-5-15(6-2-13)25-17-9-11-18(12-10-17)26-16-7-3-14(4-8-16)20(23)24;2*8-4-1-7(2-5-9)3-6-10;;;/h2*1-12H,(H,21,22)(H,23,24);2*8-9H,1-6H2;;;/q;;2*-1;3*+2/p-4. The number of nitrogens with zero attached hydrogens (tertiary/aromatic N) is 2. The summed E-state index contributed by atoms with van der Waals surface area (Å²) in [4.78, 5) is 46.3. The minimum Gasteiger partial charge on any atom is -0.854 e. The third kappa shape index (κ3) is 27.1. The Bertz CT molecular complexity index is 2150. The number of aromatic carboxylic acids is 4. The quantitative estimate of drug-likeness (QED) is 0.0542. The van der Waals surface area contributed by atoms with Crippen LogP contribution in [0.3, 0.4) is 0 Å². The topological polar surface area (TPSA) is 331 Å². The van der Waals surface area contributed by atoms with Gasteiger partial charge >= 0.3 is 51.2 Å². The molecule has 0 aliphatic carbocycles. The van der Waals surface area contributed by atoms with E-state index in [4.69, 9.17) is 39.4 Å². The Labute approximate surface area is 464 Å². The normalized spacial score (nSPS) is 9.92. The summed E-state index contributed by atoms with van der Waals surface area (Å²) >= 11 is 0. The van der Waals surface area contributed by atoms with Gasteiger partial charge in [-0.1, -0.05) is 0 Å². The number of benzene rings is 6. The number of carboxylic acids is 4. The molecule has 4 N–H and O–H groups in total. The van der Waals surface area contributed by atoms with E-state index in [9.17, 15) is 49.8 Å². The first-order valence-electron chi connectivity index (χ1n) is 21.9. The number of aliphatic hydroxyl groups is 4. The SMILES string of the molecule is O=C([O-])c1ccc(Oc2ccc(Oc3ccc(C(=O)[O-])cc3)cc2)cc1.O=C([O-])c1ccc(Oc2ccc(Oc3ccc(C(=O)[O-])cc3)cc2)cc1.[Cu+2].[Cu+2].[Cu+2].[O-]CCN(CCO)CCO.[O-]CCN(CCO)CCO. The maximum Gasteiger partial charge on any atom is 2.00 e. The van der Waals surface area contributed by atoms with E-state index in [1.165, 1.54) is 97.1 Å². The molecule has 23 heteroatoms. The Hall–Kier alpha value is -6.36. The van der Waals surface area contributed by atoms with Crippen molar-refractivity contribution in [1.29, 1.82) is 0 Å². The summed E-state index contributed by atoms with van der Waals surface area (Å²) < 4.78 is 22.5. The number of carboxylic acid groups (broad SMARTS) is 4. The predicted molar refractivity (Wildman–Crippen MR) is 247 cm³/mol. The average molecular weight is 1180 g/mol. The number of ether oxygens (including phenoxy) is 4. The molecule has 75 heavy (non-hydrogen) atoms. The first-order chi connectivity index (χ1) is 34.7. The molecule has 0 bridgehead atoms. The van der Waals surface area contributed by atoms with Crippen LogP contribution < -0.4 is 49.6 Å². The third-order valence-corrected chi connectivity index (χ3v) is 9.43. The van der Waals surface area contributed by atoms with E-state index >= 15 is 0 Å². The molecule has 6 rings (SSSR count). The molecule has 0 aliphatic rings. The summed E-state index contributed by atoms with van der Waals surface area (Å²) in [6.45, 7) is 2.51. The molecule has 0 atom stereocenters. The Morgan fingerprint density at radius 3 is 0.573 bits per heavy atom. The first kappa shape index (κ1) is 68.6. The molecule has 411 valence electrons. The Morgan fingerprint density at radius 2 is 0.453 bits per heavy atom. The van der Waals surface area contributed by atoms with Crippen LogP contribution in [0.1, 0.15) is 41.4 Å². The van der Waals surface area contributed by atoms with Gasteiger partial charge in [0.05, 0.1) is 50.3 Å². The van der Waals surface area contributed by atoms with Gasteiger partial charge in [0, 0.05) is 26.2 Å². The van der Waals surface area contributed by atoms with Gasteiger partial charge in [-0.25, -0.2) is 0 Å². The van der Waals surface area contributed by atoms with Gasteiger partial charge in [0.1, 0.15) is 46.0 Å². The van der Waals surface area contributed by atoms with Gasteiger partial charge in [-0.2, -0.15) is 0 Å². The molecule has 6 aromatic rings. The molecule has 0 heterocycles. The van der Waals surface area contributed by atoms with E-state index in [-0.39, 0.29) is 113 Å². The molecule has 6 aromatic carbocycles. The second-order valence-corrected chi connectivity index (χ2v) is 14.6. The number of aliphatic hydroxyl groups excluding tert-OH is 4. The fraction of sp³-hybridized carbons (Fsp3) is 0.231. The number of rotatable bonds is 24. The van der Waals surface area contributed by atoms with Crippen LogP contribution in [0.25, 0.3) is 0 Å². The van der Waals surface area contributed by atoms with Crippen molar-refractivity contribution in [2.45, 2.75) is 0 Å². The van der Waals surface area contributed by atoms with Crippen molar-refractivity contribution < 1.29 is 140 Å². The van der Waals surface area contributed by atoms with Crippen LogP contribution in [-0.4, -0.2) is 133 Å². The molecular weight excluding hydrogens is 1130 g/mol. The summed E-state index contributed by atoms with van der Waals surface area (Å²) in [5, 5.41) is 96.9. The minimum atomic E-state index is -1.24. The van der Waals surface area contributed by atoms with Gasteiger partial charge in [0.15, 0.2) is 0 Å². The molecule has 20 nitrogen and oxygen atoms in total. The van der Waals surface area contributed by atoms with Crippen molar-refractivity contribution in [2.24, 2.45) is 0 Å². The van der Waals surface area contributed by atoms with Crippen LogP contribution in [0.5, 0.6) is 46.0 Å². The van der Waals surface area contributed by atoms with Crippen LogP contribution in [0.2, 0.25) is 0 Å². The van der Waals surface area contributed by atoms with Crippen molar-refractivity contribution in [2.75, 3.05) is 78.9 Å². The molecule has 0 saturated carbocycles. The second-order valence-electron chi connectivity index (χ2n) is 14.6. The summed E-state index contributed by atoms with van der Waals surface area (Å²) in [5.41, 5.74) is 0.299. The third-order valence-electron chi connectivity index (χ3n) is 9.43. The molecule has 0 aromatic heterocycles. The predicted octanol–water partition coefficient (Wildman–Crippen LogP) is -0.744. The zero-order valence-corrected chi connectivity index (χ0v) is 42.5. The van der Waals surface area contributed by atoms with Gasteiger partial charge < -0.3 is 99.0 Å². The van der Waals surface area contributed by atoms with Crippen LogP contribution in [0.4, 0.5) is 0 Å². The molecule has 3 radical (unpaired) electrons.